The second kappa shape index (κ2) is 2.73. The number of aliphatic hydroxyl groups is 1. The van der Waals surface area contributed by atoms with Crippen LogP contribution >= 0.6 is 0 Å². The summed E-state index contributed by atoms with van der Waals surface area (Å²) in [5, 5.41) is 9.93. The second-order valence-electron chi connectivity index (χ2n) is 5.62. The maximum Gasteiger partial charge on any atom is 0.0574 e. The SMILES string of the molecule is O[C@@H]1C[C@]23CCCC[C@H]2CC[C@H]1C3. The van der Waals surface area contributed by atoms with Crippen LogP contribution in [0.15, 0.2) is 0 Å². The summed E-state index contributed by atoms with van der Waals surface area (Å²) in [6.45, 7) is 0. The molecule has 3 fully saturated rings. The Kier molecular flexibility index (Phi) is 1.74. The van der Waals surface area contributed by atoms with Crippen LogP contribution in [0.25, 0.3) is 0 Å². The van der Waals surface area contributed by atoms with E-state index in [0.29, 0.717) is 11.3 Å². The zero-order valence-electron chi connectivity index (χ0n) is 8.34. The van der Waals surface area contributed by atoms with E-state index in [1.165, 1.54) is 44.9 Å². The third kappa shape index (κ3) is 1.09. The number of fused-ring (bicyclic) bond motifs is 1. The van der Waals surface area contributed by atoms with Crippen molar-refractivity contribution in [1.82, 2.24) is 0 Å². The normalized spacial score (nSPS) is 54.7. The zero-order valence-corrected chi connectivity index (χ0v) is 8.34. The lowest BCUT2D eigenvalue weighted by atomic mass is 9.61. The first-order valence-corrected chi connectivity index (χ1v) is 5.98. The number of rotatable bonds is 0. The monoisotopic (exact) mass is 180 g/mol. The molecule has 4 atom stereocenters. The molecule has 0 unspecified atom stereocenters. The predicted octanol–water partition coefficient (Wildman–Crippen LogP) is 2.73. The lowest BCUT2D eigenvalue weighted by molar-refractivity contribution is 0.0614. The van der Waals surface area contributed by atoms with Crippen molar-refractivity contribution in [2.45, 2.75) is 57.5 Å². The summed E-state index contributed by atoms with van der Waals surface area (Å²) < 4.78 is 0. The van der Waals surface area contributed by atoms with Gasteiger partial charge < -0.3 is 5.11 Å². The first kappa shape index (κ1) is 8.28. The quantitative estimate of drug-likeness (QED) is 0.607. The Bertz CT molecular complexity index is 209. The summed E-state index contributed by atoms with van der Waals surface area (Å²) >= 11 is 0. The van der Waals surface area contributed by atoms with E-state index in [9.17, 15) is 5.11 Å². The van der Waals surface area contributed by atoms with Crippen LogP contribution in [0.3, 0.4) is 0 Å². The molecule has 3 aliphatic carbocycles. The van der Waals surface area contributed by atoms with E-state index >= 15 is 0 Å². The van der Waals surface area contributed by atoms with Crippen molar-refractivity contribution in [1.29, 1.82) is 0 Å². The van der Waals surface area contributed by atoms with Gasteiger partial charge in [0.25, 0.3) is 0 Å². The summed E-state index contributed by atoms with van der Waals surface area (Å²) in [7, 11) is 0. The molecular formula is C12H20O. The number of hydrogen-bond donors (Lipinski definition) is 1. The Morgan fingerprint density at radius 2 is 1.92 bits per heavy atom. The highest BCUT2D eigenvalue weighted by Gasteiger charge is 2.52. The summed E-state index contributed by atoms with van der Waals surface area (Å²) in [6, 6.07) is 0. The van der Waals surface area contributed by atoms with Crippen molar-refractivity contribution >= 4 is 0 Å². The van der Waals surface area contributed by atoms with Gasteiger partial charge in [-0.25, -0.2) is 0 Å². The molecule has 0 aromatic rings. The molecule has 0 heterocycles. The van der Waals surface area contributed by atoms with Gasteiger partial charge in [0.1, 0.15) is 0 Å². The average molecular weight is 180 g/mol. The highest BCUT2D eigenvalue weighted by molar-refractivity contribution is 5.03. The Morgan fingerprint density at radius 3 is 2.85 bits per heavy atom. The Morgan fingerprint density at radius 1 is 1.00 bits per heavy atom. The molecule has 13 heavy (non-hydrogen) atoms. The van der Waals surface area contributed by atoms with Gasteiger partial charge in [0.05, 0.1) is 6.10 Å². The molecule has 1 heteroatoms. The summed E-state index contributed by atoms with van der Waals surface area (Å²) in [6.07, 6.45) is 11.0. The molecule has 0 aliphatic heterocycles. The van der Waals surface area contributed by atoms with Crippen molar-refractivity contribution in [3.63, 3.8) is 0 Å². The fourth-order valence-corrected chi connectivity index (χ4v) is 4.40. The van der Waals surface area contributed by atoms with Crippen LogP contribution in [-0.2, 0) is 0 Å². The van der Waals surface area contributed by atoms with Gasteiger partial charge in [0, 0.05) is 0 Å². The van der Waals surface area contributed by atoms with Gasteiger partial charge in [0.2, 0.25) is 0 Å². The first-order valence-electron chi connectivity index (χ1n) is 5.98. The van der Waals surface area contributed by atoms with Gasteiger partial charge in [-0.2, -0.15) is 0 Å². The largest absolute Gasteiger partial charge is 0.393 e. The molecule has 1 nitrogen and oxygen atoms in total. The molecule has 74 valence electrons. The highest BCUT2D eigenvalue weighted by atomic mass is 16.3. The summed E-state index contributed by atoms with van der Waals surface area (Å²) in [5.74, 6) is 1.66. The molecule has 3 aliphatic rings. The minimum atomic E-state index is 0.0584. The fourth-order valence-electron chi connectivity index (χ4n) is 4.40. The summed E-state index contributed by atoms with van der Waals surface area (Å²) in [4.78, 5) is 0. The molecule has 0 amide bonds. The topological polar surface area (TPSA) is 20.2 Å². The maximum absolute atomic E-state index is 9.93. The van der Waals surface area contributed by atoms with Crippen LogP contribution in [0.2, 0.25) is 0 Å². The van der Waals surface area contributed by atoms with Gasteiger partial charge in [-0.15, -0.1) is 0 Å². The lowest BCUT2D eigenvalue weighted by Gasteiger charge is -2.44. The standard InChI is InChI=1S/C12H20O/c13-11-8-12-6-2-1-3-10(12)5-4-9(11)7-12/h9-11,13H,1-8H2/t9-,10-,11+,12+/m0/s1. The number of hydrogen-bond acceptors (Lipinski definition) is 1. The molecule has 3 rings (SSSR count). The predicted molar refractivity (Wildman–Crippen MR) is 52.4 cm³/mol. The molecule has 0 aromatic heterocycles. The number of aliphatic hydroxyl groups excluding tert-OH is 1. The lowest BCUT2D eigenvalue weighted by Crippen LogP contribution is -2.34. The fraction of sp³-hybridized carbons (Fsp3) is 1.00. The van der Waals surface area contributed by atoms with Crippen molar-refractivity contribution in [2.75, 3.05) is 0 Å². The van der Waals surface area contributed by atoms with E-state index in [1.807, 2.05) is 0 Å². The molecule has 2 bridgehead atoms. The Hall–Kier alpha value is -0.0400. The van der Waals surface area contributed by atoms with Gasteiger partial charge in [-0.05, 0) is 55.8 Å². The second-order valence-corrected chi connectivity index (χ2v) is 5.62. The molecule has 0 aromatic carbocycles. The minimum absolute atomic E-state index is 0.0584. The highest BCUT2D eigenvalue weighted by Crippen LogP contribution is 2.60. The van der Waals surface area contributed by atoms with Crippen LogP contribution in [0.5, 0.6) is 0 Å². The van der Waals surface area contributed by atoms with Crippen LogP contribution in [-0.4, -0.2) is 11.2 Å². The third-order valence-electron chi connectivity index (χ3n) is 5.06. The molecule has 1 spiro atoms. The van der Waals surface area contributed by atoms with E-state index in [0.717, 1.165) is 12.3 Å². The van der Waals surface area contributed by atoms with Crippen molar-refractivity contribution in [3.05, 3.63) is 0 Å². The van der Waals surface area contributed by atoms with E-state index < -0.39 is 0 Å². The van der Waals surface area contributed by atoms with Gasteiger partial charge >= 0.3 is 0 Å². The van der Waals surface area contributed by atoms with E-state index in [1.54, 1.807) is 0 Å². The van der Waals surface area contributed by atoms with Crippen molar-refractivity contribution in [2.24, 2.45) is 17.3 Å². The van der Waals surface area contributed by atoms with Crippen LogP contribution in [0.4, 0.5) is 0 Å². The van der Waals surface area contributed by atoms with Crippen LogP contribution < -0.4 is 0 Å². The van der Waals surface area contributed by atoms with Gasteiger partial charge in [-0.3, -0.25) is 0 Å². The molecule has 0 saturated heterocycles. The third-order valence-corrected chi connectivity index (χ3v) is 5.06. The van der Waals surface area contributed by atoms with Crippen LogP contribution in [0.1, 0.15) is 51.4 Å². The van der Waals surface area contributed by atoms with Crippen molar-refractivity contribution < 1.29 is 5.11 Å². The van der Waals surface area contributed by atoms with E-state index in [2.05, 4.69) is 0 Å². The molecule has 3 saturated carbocycles. The first-order chi connectivity index (χ1) is 6.30. The zero-order chi connectivity index (χ0) is 8.89. The van der Waals surface area contributed by atoms with E-state index in [4.69, 9.17) is 0 Å². The smallest absolute Gasteiger partial charge is 0.0574 e. The van der Waals surface area contributed by atoms with Gasteiger partial charge in [0.15, 0.2) is 0 Å². The summed E-state index contributed by atoms with van der Waals surface area (Å²) in [5.41, 5.74) is 0.612. The Labute approximate surface area is 80.5 Å². The maximum atomic E-state index is 9.93. The molecule has 1 N–H and O–H groups in total. The molecule has 0 radical (unpaired) electrons. The van der Waals surface area contributed by atoms with Crippen molar-refractivity contribution in [3.8, 4) is 0 Å². The minimum Gasteiger partial charge on any atom is -0.393 e. The van der Waals surface area contributed by atoms with Crippen LogP contribution in [0, 0.1) is 17.3 Å². The molecular weight excluding hydrogens is 160 g/mol. The van der Waals surface area contributed by atoms with E-state index in [-0.39, 0.29) is 6.10 Å². The van der Waals surface area contributed by atoms with Gasteiger partial charge in [-0.1, -0.05) is 12.8 Å². The Balaban J connectivity index is 1.89. The average Bonchev–Trinajstić information content (AvgIpc) is 2.38.